The van der Waals surface area contributed by atoms with E-state index in [0.29, 0.717) is 23.0 Å². The second kappa shape index (κ2) is 6.89. The van der Waals surface area contributed by atoms with E-state index < -0.39 is 0 Å². The molecule has 0 bridgehead atoms. The van der Waals surface area contributed by atoms with Crippen molar-refractivity contribution in [3.63, 3.8) is 0 Å². The standard InChI is InChI=1S/C16H23N3OS/c1-4-11(5-2)10-19(6-3)16(20)15-14(17)12-7-8-18-9-13(12)21-15/h7-9,11H,4-6,10,17H2,1-3H3. The molecule has 21 heavy (non-hydrogen) atoms. The van der Waals surface area contributed by atoms with Crippen LogP contribution < -0.4 is 5.73 Å². The van der Waals surface area contributed by atoms with Crippen LogP contribution >= 0.6 is 11.3 Å². The summed E-state index contributed by atoms with van der Waals surface area (Å²) in [6, 6.07) is 1.87. The normalized spacial score (nSPS) is 11.2. The molecule has 2 aromatic heterocycles. The van der Waals surface area contributed by atoms with Gasteiger partial charge in [0, 0.05) is 30.9 Å². The highest BCUT2D eigenvalue weighted by Crippen LogP contribution is 2.33. The van der Waals surface area contributed by atoms with Crippen LogP contribution in [0.5, 0.6) is 0 Å². The molecule has 5 heteroatoms. The molecule has 2 rings (SSSR count). The number of thiophene rings is 1. The molecule has 4 nitrogen and oxygen atoms in total. The predicted octanol–water partition coefficient (Wildman–Crippen LogP) is 3.78. The van der Waals surface area contributed by atoms with E-state index >= 15 is 0 Å². The van der Waals surface area contributed by atoms with Crippen molar-refractivity contribution in [2.75, 3.05) is 18.8 Å². The van der Waals surface area contributed by atoms with Gasteiger partial charge in [-0.05, 0) is 18.9 Å². The van der Waals surface area contributed by atoms with E-state index in [0.717, 1.165) is 29.5 Å². The van der Waals surface area contributed by atoms with Crippen LogP contribution in [-0.4, -0.2) is 28.9 Å². The van der Waals surface area contributed by atoms with Crippen molar-refractivity contribution in [2.24, 2.45) is 5.92 Å². The number of nitrogens with two attached hydrogens (primary N) is 1. The van der Waals surface area contributed by atoms with Crippen molar-refractivity contribution in [2.45, 2.75) is 33.6 Å². The summed E-state index contributed by atoms with van der Waals surface area (Å²) in [5.74, 6) is 0.592. The Labute approximate surface area is 130 Å². The number of hydrogen-bond acceptors (Lipinski definition) is 4. The molecule has 0 atom stereocenters. The SMILES string of the molecule is CCC(CC)CN(CC)C(=O)c1sc2cnccc2c1N. The lowest BCUT2D eigenvalue weighted by atomic mass is 10.0. The number of hydrogen-bond donors (Lipinski definition) is 1. The lowest BCUT2D eigenvalue weighted by molar-refractivity contribution is 0.0741. The van der Waals surface area contributed by atoms with Gasteiger partial charge in [-0.2, -0.15) is 0 Å². The summed E-state index contributed by atoms with van der Waals surface area (Å²) in [5, 5.41) is 0.928. The summed E-state index contributed by atoms with van der Waals surface area (Å²) in [5.41, 5.74) is 6.75. The number of rotatable bonds is 6. The van der Waals surface area contributed by atoms with Crippen molar-refractivity contribution < 1.29 is 4.79 Å². The maximum Gasteiger partial charge on any atom is 0.266 e. The van der Waals surface area contributed by atoms with Gasteiger partial charge in [0.25, 0.3) is 5.91 Å². The van der Waals surface area contributed by atoms with E-state index in [4.69, 9.17) is 5.73 Å². The van der Waals surface area contributed by atoms with E-state index in [2.05, 4.69) is 18.8 Å². The van der Waals surface area contributed by atoms with E-state index in [-0.39, 0.29) is 5.91 Å². The van der Waals surface area contributed by atoms with Crippen molar-refractivity contribution in [1.29, 1.82) is 0 Å². The highest BCUT2D eigenvalue weighted by Gasteiger charge is 2.22. The number of anilines is 1. The van der Waals surface area contributed by atoms with Crippen molar-refractivity contribution >= 4 is 33.0 Å². The van der Waals surface area contributed by atoms with E-state index in [9.17, 15) is 4.79 Å². The van der Waals surface area contributed by atoms with E-state index in [1.54, 1.807) is 12.4 Å². The van der Waals surface area contributed by atoms with Crippen LogP contribution in [-0.2, 0) is 0 Å². The fraction of sp³-hybridized carbons (Fsp3) is 0.500. The quantitative estimate of drug-likeness (QED) is 0.883. The summed E-state index contributed by atoms with van der Waals surface area (Å²) < 4.78 is 0.969. The fourth-order valence-electron chi connectivity index (χ4n) is 2.49. The minimum atomic E-state index is 0.0445. The molecule has 2 aromatic rings. The van der Waals surface area contributed by atoms with Gasteiger partial charge in [0.2, 0.25) is 0 Å². The second-order valence-corrected chi connectivity index (χ2v) is 6.30. The first-order valence-electron chi connectivity index (χ1n) is 7.53. The summed E-state index contributed by atoms with van der Waals surface area (Å²) >= 11 is 1.44. The van der Waals surface area contributed by atoms with Gasteiger partial charge in [-0.15, -0.1) is 11.3 Å². The van der Waals surface area contributed by atoms with Gasteiger partial charge in [0.1, 0.15) is 4.88 Å². The van der Waals surface area contributed by atoms with Crippen LogP contribution in [0.4, 0.5) is 5.69 Å². The zero-order chi connectivity index (χ0) is 15.4. The Kier molecular flexibility index (Phi) is 5.17. The number of aromatic nitrogens is 1. The fourth-order valence-corrected chi connectivity index (χ4v) is 3.55. The van der Waals surface area contributed by atoms with Crippen molar-refractivity contribution in [3.05, 3.63) is 23.3 Å². The predicted molar refractivity (Wildman–Crippen MR) is 89.7 cm³/mol. The van der Waals surface area contributed by atoms with Crippen LogP contribution in [0.1, 0.15) is 43.3 Å². The van der Waals surface area contributed by atoms with Gasteiger partial charge in [-0.25, -0.2) is 0 Å². The van der Waals surface area contributed by atoms with Gasteiger partial charge >= 0.3 is 0 Å². The number of carbonyl (C=O) groups is 1. The molecule has 0 unspecified atom stereocenters. The minimum Gasteiger partial charge on any atom is -0.397 e. The monoisotopic (exact) mass is 305 g/mol. The molecule has 0 aromatic carbocycles. The van der Waals surface area contributed by atoms with Crippen molar-refractivity contribution in [1.82, 2.24) is 9.88 Å². The molecule has 2 N–H and O–H groups in total. The van der Waals surface area contributed by atoms with Gasteiger partial charge < -0.3 is 10.6 Å². The minimum absolute atomic E-state index is 0.0445. The van der Waals surface area contributed by atoms with Crippen LogP contribution in [0.3, 0.4) is 0 Å². The summed E-state index contributed by atoms with van der Waals surface area (Å²) in [7, 11) is 0. The molecular formula is C16H23N3OS. The maximum absolute atomic E-state index is 12.8. The lowest BCUT2D eigenvalue weighted by Gasteiger charge is -2.25. The van der Waals surface area contributed by atoms with Crippen molar-refractivity contribution in [3.8, 4) is 0 Å². The Morgan fingerprint density at radius 3 is 2.67 bits per heavy atom. The first-order chi connectivity index (χ1) is 10.1. The smallest absolute Gasteiger partial charge is 0.266 e. The van der Waals surface area contributed by atoms with Gasteiger partial charge in [0.05, 0.1) is 10.4 Å². The molecule has 0 saturated carbocycles. The molecule has 0 fully saturated rings. The van der Waals surface area contributed by atoms with Crippen LogP contribution in [0.2, 0.25) is 0 Å². The average molecular weight is 305 g/mol. The molecule has 1 amide bonds. The molecule has 0 radical (unpaired) electrons. The Morgan fingerprint density at radius 1 is 1.38 bits per heavy atom. The van der Waals surface area contributed by atoms with Gasteiger partial charge in [-0.3, -0.25) is 9.78 Å². The maximum atomic E-state index is 12.8. The molecule has 0 aliphatic rings. The molecule has 2 heterocycles. The summed E-state index contributed by atoms with van der Waals surface area (Å²) in [6.45, 7) is 7.87. The first-order valence-corrected chi connectivity index (χ1v) is 8.35. The molecule has 0 aliphatic carbocycles. The molecule has 0 saturated heterocycles. The largest absolute Gasteiger partial charge is 0.397 e. The topological polar surface area (TPSA) is 59.2 Å². The van der Waals surface area contributed by atoms with E-state index in [1.807, 2.05) is 17.9 Å². The Morgan fingerprint density at radius 2 is 2.10 bits per heavy atom. The zero-order valence-corrected chi connectivity index (χ0v) is 13.7. The molecular weight excluding hydrogens is 282 g/mol. The highest BCUT2D eigenvalue weighted by molar-refractivity contribution is 7.21. The lowest BCUT2D eigenvalue weighted by Crippen LogP contribution is -2.35. The number of nitrogen functional groups attached to an aromatic ring is 1. The van der Waals surface area contributed by atoms with Gasteiger partial charge in [0.15, 0.2) is 0 Å². The van der Waals surface area contributed by atoms with Gasteiger partial charge in [-0.1, -0.05) is 26.7 Å². The Hall–Kier alpha value is -1.62. The average Bonchev–Trinajstić information content (AvgIpc) is 2.86. The Bertz CT molecular complexity index is 619. The third-order valence-electron chi connectivity index (χ3n) is 4.03. The van der Waals surface area contributed by atoms with Crippen LogP contribution in [0, 0.1) is 5.92 Å². The van der Waals surface area contributed by atoms with E-state index in [1.165, 1.54) is 11.3 Å². The highest BCUT2D eigenvalue weighted by atomic mass is 32.1. The number of fused-ring (bicyclic) bond motifs is 1. The first kappa shape index (κ1) is 15.8. The number of amides is 1. The zero-order valence-electron chi connectivity index (χ0n) is 12.9. The molecule has 0 spiro atoms. The third-order valence-corrected chi connectivity index (χ3v) is 5.17. The molecule has 114 valence electrons. The summed E-state index contributed by atoms with van der Waals surface area (Å²) in [4.78, 5) is 19.4. The second-order valence-electron chi connectivity index (χ2n) is 5.24. The number of carbonyl (C=O) groups excluding carboxylic acids is 1. The Balaban J connectivity index is 2.29. The summed E-state index contributed by atoms with van der Waals surface area (Å²) in [6.07, 6.45) is 5.66. The molecule has 0 aliphatic heterocycles. The van der Waals surface area contributed by atoms with Crippen LogP contribution in [0.25, 0.3) is 10.1 Å². The third kappa shape index (κ3) is 3.18. The van der Waals surface area contributed by atoms with Crippen LogP contribution in [0.15, 0.2) is 18.5 Å². The number of pyridine rings is 1. The number of nitrogens with zero attached hydrogens (tertiary/aromatic N) is 2.